The third-order valence-corrected chi connectivity index (χ3v) is 3.27. The Morgan fingerprint density at radius 1 is 1.37 bits per heavy atom. The van der Waals surface area contributed by atoms with E-state index < -0.39 is 29.0 Å². The van der Waals surface area contributed by atoms with Crippen molar-refractivity contribution in [1.82, 2.24) is 0 Å². The highest BCUT2D eigenvalue weighted by Crippen LogP contribution is 2.44. The van der Waals surface area contributed by atoms with E-state index in [9.17, 15) is 14.5 Å². The van der Waals surface area contributed by atoms with E-state index in [0.717, 1.165) is 0 Å². The molecule has 1 rings (SSSR count). The Balaban J connectivity index is 2.90. The first kappa shape index (κ1) is 15.6. The number of hydrogen-bond donors (Lipinski definition) is 0. The Hall–Kier alpha value is -1.46. The smallest absolute Gasteiger partial charge is 0.313 e. The first-order valence-electron chi connectivity index (χ1n) is 6.35. The van der Waals surface area contributed by atoms with Crippen molar-refractivity contribution in [3.63, 3.8) is 0 Å². The van der Waals surface area contributed by atoms with E-state index in [2.05, 4.69) is 9.91 Å². The first-order chi connectivity index (χ1) is 8.72. The molecule has 0 spiro atoms. The van der Waals surface area contributed by atoms with Crippen LogP contribution in [0.4, 0.5) is 0 Å². The van der Waals surface area contributed by atoms with Gasteiger partial charge >= 0.3 is 11.9 Å². The summed E-state index contributed by atoms with van der Waals surface area (Å²) in [4.78, 5) is 34.5. The van der Waals surface area contributed by atoms with Gasteiger partial charge in [-0.15, -0.1) is 0 Å². The number of nitroso groups, excluding NO2 is 1. The van der Waals surface area contributed by atoms with Gasteiger partial charge in [0.1, 0.15) is 5.60 Å². The molecule has 2 unspecified atom stereocenters. The monoisotopic (exact) mass is 271 g/mol. The van der Waals surface area contributed by atoms with Crippen molar-refractivity contribution in [2.24, 2.45) is 10.6 Å². The highest BCUT2D eigenvalue weighted by Gasteiger charge is 2.49. The van der Waals surface area contributed by atoms with Crippen LogP contribution in [0.1, 0.15) is 46.5 Å². The van der Waals surface area contributed by atoms with Gasteiger partial charge in [0.2, 0.25) is 0 Å². The molecule has 1 fully saturated rings. The zero-order valence-corrected chi connectivity index (χ0v) is 11.9. The fraction of sp³-hybridized carbons (Fsp3) is 0.846. The van der Waals surface area contributed by atoms with Crippen LogP contribution in [0.5, 0.6) is 0 Å². The van der Waals surface area contributed by atoms with E-state index in [1.807, 2.05) is 0 Å². The predicted octanol–water partition coefficient (Wildman–Crippen LogP) is 2.20. The molecule has 0 aromatic rings. The molecule has 0 aromatic carbocycles. The molecule has 0 N–H and O–H groups in total. The minimum atomic E-state index is -0.973. The van der Waals surface area contributed by atoms with Crippen LogP contribution in [0.2, 0.25) is 0 Å². The number of carbonyl (C=O) groups excluding carboxylic acids is 2. The number of nitrogens with zero attached hydrogens (tertiary/aromatic N) is 1. The normalized spacial score (nSPS) is 26.8. The van der Waals surface area contributed by atoms with E-state index in [1.165, 1.54) is 7.11 Å². The number of hydrogen-bond acceptors (Lipinski definition) is 6. The Morgan fingerprint density at radius 3 is 2.42 bits per heavy atom. The van der Waals surface area contributed by atoms with Crippen LogP contribution in [-0.4, -0.2) is 30.7 Å². The topological polar surface area (TPSA) is 82.0 Å². The molecule has 6 nitrogen and oxygen atoms in total. The molecule has 0 amide bonds. The maximum atomic E-state index is 12.3. The van der Waals surface area contributed by atoms with E-state index in [0.29, 0.717) is 12.8 Å². The minimum absolute atomic E-state index is 0.0650. The van der Waals surface area contributed by atoms with Gasteiger partial charge in [-0.05, 0) is 40.0 Å². The molecule has 6 heteroatoms. The van der Waals surface area contributed by atoms with Crippen LogP contribution in [0.25, 0.3) is 0 Å². The van der Waals surface area contributed by atoms with Gasteiger partial charge < -0.3 is 9.47 Å². The lowest BCUT2D eigenvalue weighted by molar-refractivity contribution is -0.171. The first-order valence-corrected chi connectivity index (χ1v) is 6.35. The Morgan fingerprint density at radius 2 is 2.00 bits per heavy atom. The molecule has 1 saturated carbocycles. The molecular formula is C13H21NO5. The summed E-state index contributed by atoms with van der Waals surface area (Å²) in [5, 5.41) is 2.98. The Kier molecular flexibility index (Phi) is 4.66. The summed E-state index contributed by atoms with van der Waals surface area (Å²) in [7, 11) is 1.27. The van der Waals surface area contributed by atoms with Crippen LogP contribution < -0.4 is 0 Å². The fourth-order valence-corrected chi connectivity index (χ4v) is 2.34. The number of carbonyl (C=O) groups is 2. The second-order valence-corrected chi connectivity index (χ2v) is 6.04. The fourth-order valence-electron chi connectivity index (χ4n) is 2.34. The molecule has 108 valence electrons. The maximum absolute atomic E-state index is 12.3. The van der Waals surface area contributed by atoms with Crippen LogP contribution in [-0.2, 0) is 19.1 Å². The van der Waals surface area contributed by atoms with Crippen molar-refractivity contribution in [3.8, 4) is 0 Å². The van der Waals surface area contributed by atoms with Gasteiger partial charge in [-0.2, -0.15) is 4.91 Å². The standard InChI is InChI=1S/C13H21NO5/c1-12(2,3)19-11(16)13(8-10(15)18-4)6-5-9(7-13)14-17/h9H,5-8H2,1-4H3. The van der Waals surface area contributed by atoms with Crippen molar-refractivity contribution in [1.29, 1.82) is 0 Å². The molecule has 0 aromatic heterocycles. The SMILES string of the molecule is COC(=O)CC1(C(=O)OC(C)(C)C)CCC(N=O)C1. The summed E-state index contributed by atoms with van der Waals surface area (Å²) >= 11 is 0. The average molecular weight is 271 g/mol. The summed E-state index contributed by atoms with van der Waals surface area (Å²) < 4.78 is 10.0. The second kappa shape index (κ2) is 5.67. The number of rotatable bonds is 4. The Bertz CT molecular complexity index is 374. The van der Waals surface area contributed by atoms with Crippen LogP contribution >= 0.6 is 0 Å². The average Bonchev–Trinajstić information content (AvgIpc) is 2.71. The van der Waals surface area contributed by atoms with Crippen LogP contribution in [0.15, 0.2) is 5.18 Å². The molecule has 1 aliphatic carbocycles. The van der Waals surface area contributed by atoms with E-state index >= 15 is 0 Å². The van der Waals surface area contributed by atoms with Crippen molar-refractivity contribution in [3.05, 3.63) is 4.91 Å². The lowest BCUT2D eigenvalue weighted by Gasteiger charge is -2.30. The van der Waals surface area contributed by atoms with Gasteiger partial charge in [-0.1, -0.05) is 5.18 Å². The molecule has 19 heavy (non-hydrogen) atoms. The molecule has 0 aliphatic heterocycles. The highest BCUT2D eigenvalue weighted by atomic mass is 16.6. The third kappa shape index (κ3) is 4.01. The van der Waals surface area contributed by atoms with Crippen LogP contribution in [0, 0.1) is 10.3 Å². The van der Waals surface area contributed by atoms with Crippen molar-refractivity contribution in [2.45, 2.75) is 58.1 Å². The lowest BCUT2D eigenvalue weighted by Crippen LogP contribution is -2.38. The van der Waals surface area contributed by atoms with Gasteiger partial charge in [0, 0.05) is 0 Å². The molecule has 0 heterocycles. The molecule has 0 saturated heterocycles. The zero-order chi connectivity index (χ0) is 14.7. The zero-order valence-electron chi connectivity index (χ0n) is 11.9. The lowest BCUT2D eigenvalue weighted by atomic mass is 9.82. The molecular weight excluding hydrogens is 250 g/mol. The summed E-state index contributed by atoms with van der Waals surface area (Å²) in [6.45, 7) is 5.30. The van der Waals surface area contributed by atoms with Gasteiger partial charge in [-0.25, -0.2) is 0 Å². The molecule has 1 aliphatic rings. The third-order valence-electron chi connectivity index (χ3n) is 3.27. The predicted molar refractivity (Wildman–Crippen MR) is 68.3 cm³/mol. The van der Waals surface area contributed by atoms with Crippen LogP contribution in [0.3, 0.4) is 0 Å². The molecule has 0 bridgehead atoms. The largest absolute Gasteiger partial charge is 0.469 e. The number of methoxy groups -OCH3 is 1. The van der Waals surface area contributed by atoms with Gasteiger partial charge in [0.25, 0.3) is 0 Å². The summed E-state index contributed by atoms with van der Waals surface area (Å²) in [6.07, 6.45) is 1.11. The summed E-state index contributed by atoms with van der Waals surface area (Å²) in [5.74, 6) is -0.922. The molecule has 2 atom stereocenters. The summed E-state index contributed by atoms with van der Waals surface area (Å²) in [5.41, 5.74) is -1.61. The van der Waals surface area contributed by atoms with E-state index in [-0.39, 0.29) is 12.8 Å². The van der Waals surface area contributed by atoms with Gasteiger partial charge in [0.15, 0.2) is 0 Å². The van der Waals surface area contributed by atoms with Crippen molar-refractivity contribution < 1.29 is 19.1 Å². The van der Waals surface area contributed by atoms with Gasteiger partial charge in [-0.3, -0.25) is 9.59 Å². The van der Waals surface area contributed by atoms with E-state index in [1.54, 1.807) is 20.8 Å². The van der Waals surface area contributed by atoms with Gasteiger partial charge in [0.05, 0.1) is 25.0 Å². The summed E-state index contributed by atoms with van der Waals surface area (Å²) in [6, 6.07) is -0.433. The number of ether oxygens (including phenoxy) is 2. The highest BCUT2D eigenvalue weighted by molar-refractivity contribution is 5.84. The molecule has 0 radical (unpaired) electrons. The number of esters is 2. The minimum Gasteiger partial charge on any atom is -0.469 e. The van der Waals surface area contributed by atoms with E-state index in [4.69, 9.17) is 4.74 Å². The quantitative estimate of drug-likeness (QED) is 0.578. The maximum Gasteiger partial charge on any atom is 0.313 e. The Labute approximate surface area is 112 Å². The van der Waals surface area contributed by atoms with Crippen molar-refractivity contribution in [2.75, 3.05) is 7.11 Å². The van der Waals surface area contributed by atoms with Crippen molar-refractivity contribution >= 4 is 11.9 Å². The second-order valence-electron chi connectivity index (χ2n) is 6.04.